The fourth-order valence-electron chi connectivity index (χ4n) is 2.32. The third-order valence-electron chi connectivity index (χ3n) is 2.98. The van der Waals surface area contributed by atoms with Crippen LogP contribution in [-0.2, 0) is 0 Å². The van der Waals surface area contributed by atoms with Crippen molar-refractivity contribution in [3.63, 3.8) is 0 Å². The maximum atomic E-state index is 2.37. The van der Waals surface area contributed by atoms with Gasteiger partial charge in [-0.05, 0) is 29.6 Å². The van der Waals surface area contributed by atoms with Crippen molar-refractivity contribution in [2.24, 2.45) is 5.92 Å². The number of rotatable bonds is 0. The highest BCUT2D eigenvalue weighted by molar-refractivity contribution is 5.57. The second-order valence-corrected chi connectivity index (χ2v) is 3.75. The molecule has 3 aliphatic carbocycles. The minimum Gasteiger partial charge on any atom is -0.0838 e. The lowest BCUT2D eigenvalue weighted by atomic mass is 9.82. The van der Waals surface area contributed by atoms with Crippen molar-refractivity contribution in [3.05, 3.63) is 59.3 Å². The van der Waals surface area contributed by atoms with Gasteiger partial charge in [0.1, 0.15) is 0 Å². The predicted octanol–water partition coefficient (Wildman–Crippen LogP) is 3.32. The molecule has 0 spiro atoms. The number of fused-ring (bicyclic) bond motifs is 2. The molecule has 0 radical (unpaired) electrons. The summed E-state index contributed by atoms with van der Waals surface area (Å²) >= 11 is 0. The Bertz CT molecular complexity index is 386. The second-order valence-electron chi connectivity index (χ2n) is 3.75. The summed E-state index contributed by atoms with van der Waals surface area (Å²) in [7, 11) is 0. The Hall–Kier alpha value is -1.30. The second kappa shape index (κ2) is 2.59. The Morgan fingerprint density at radius 2 is 2.08 bits per heavy atom. The maximum absolute atomic E-state index is 2.37. The van der Waals surface area contributed by atoms with Crippen LogP contribution in [0.2, 0.25) is 0 Å². The van der Waals surface area contributed by atoms with E-state index in [0.29, 0.717) is 5.92 Å². The molecule has 1 atom stereocenters. The molecular formula is C13H12. The van der Waals surface area contributed by atoms with Crippen LogP contribution in [0.3, 0.4) is 0 Å². The fraction of sp³-hybridized carbons (Fsp3) is 0.231. The van der Waals surface area contributed by atoms with Gasteiger partial charge < -0.3 is 0 Å². The van der Waals surface area contributed by atoms with Gasteiger partial charge in [0, 0.05) is 5.92 Å². The molecule has 0 bridgehead atoms. The van der Waals surface area contributed by atoms with Crippen LogP contribution >= 0.6 is 0 Å². The smallest absolute Gasteiger partial charge is 0.0202 e. The van der Waals surface area contributed by atoms with Crippen LogP contribution in [0.1, 0.15) is 12.8 Å². The van der Waals surface area contributed by atoms with Crippen molar-refractivity contribution < 1.29 is 0 Å². The van der Waals surface area contributed by atoms with Crippen molar-refractivity contribution in [2.75, 3.05) is 0 Å². The first-order chi connectivity index (χ1) is 6.45. The summed E-state index contributed by atoms with van der Waals surface area (Å²) in [6.45, 7) is 0. The average molecular weight is 168 g/mol. The summed E-state index contributed by atoms with van der Waals surface area (Å²) < 4.78 is 0. The van der Waals surface area contributed by atoms with E-state index in [4.69, 9.17) is 0 Å². The van der Waals surface area contributed by atoms with Gasteiger partial charge in [-0.15, -0.1) is 0 Å². The zero-order valence-electron chi connectivity index (χ0n) is 7.53. The Kier molecular flexibility index (Phi) is 1.42. The van der Waals surface area contributed by atoms with E-state index in [1.165, 1.54) is 5.57 Å². The molecule has 0 aliphatic heterocycles. The van der Waals surface area contributed by atoms with Gasteiger partial charge in [-0.1, -0.05) is 42.5 Å². The molecule has 1 unspecified atom stereocenters. The van der Waals surface area contributed by atoms with E-state index in [1.807, 2.05) is 0 Å². The van der Waals surface area contributed by atoms with Gasteiger partial charge >= 0.3 is 0 Å². The summed E-state index contributed by atoms with van der Waals surface area (Å²) in [6, 6.07) is 0. The van der Waals surface area contributed by atoms with E-state index in [0.717, 1.165) is 12.8 Å². The molecule has 0 nitrogen and oxygen atoms in total. The van der Waals surface area contributed by atoms with Gasteiger partial charge in [0.25, 0.3) is 0 Å². The third-order valence-corrected chi connectivity index (χ3v) is 2.98. The first kappa shape index (κ1) is 7.14. The number of allylic oxidation sites excluding steroid dienone is 10. The van der Waals surface area contributed by atoms with Gasteiger partial charge in [0.15, 0.2) is 0 Å². The van der Waals surface area contributed by atoms with Crippen LogP contribution in [0.15, 0.2) is 59.3 Å². The molecule has 0 heterocycles. The fourth-order valence-corrected chi connectivity index (χ4v) is 2.32. The van der Waals surface area contributed by atoms with Gasteiger partial charge in [0.05, 0.1) is 0 Å². The third kappa shape index (κ3) is 0.983. The zero-order valence-corrected chi connectivity index (χ0v) is 7.53. The lowest BCUT2D eigenvalue weighted by Gasteiger charge is -2.22. The first-order valence-corrected chi connectivity index (χ1v) is 4.90. The number of hydrogen-bond donors (Lipinski definition) is 0. The predicted molar refractivity (Wildman–Crippen MR) is 55.3 cm³/mol. The largest absolute Gasteiger partial charge is 0.0838 e. The molecule has 13 heavy (non-hydrogen) atoms. The van der Waals surface area contributed by atoms with E-state index in [2.05, 4.69) is 42.5 Å². The molecule has 0 saturated heterocycles. The van der Waals surface area contributed by atoms with Crippen molar-refractivity contribution >= 4 is 0 Å². The molecule has 0 aromatic carbocycles. The molecule has 0 N–H and O–H groups in total. The van der Waals surface area contributed by atoms with Crippen molar-refractivity contribution in [3.8, 4) is 0 Å². The van der Waals surface area contributed by atoms with Gasteiger partial charge in [-0.25, -0.2) is 0 Å². The Morgan fingerprint density at radius 1 is 1.08 bits per heavy atom. The Morgan fingerprint density at radius 3 is 3.08 bits per heavy atom. The topological polar surface area (TPSA) is 0 Å². The first-order valence-electron chi connectivity index (χ1n) is 4.90. The highest BCUT2D eigenvalue weighted by Crippen LogP contribution is 2.38. The SMILES string of the molecule is C1=CC2C=CC3=C(CC=C3)C2=CC1. The van der Waals surface area contributed by atoms with Gasteiger partial charge in [0.2, 0.25) is 0 Å². The summed E-state index contributed by atoms with van der Waals surface area (Å²) in [5, 5.41) is 0. The highest BCUT2D eigenvalue weighted by Gasteiger charge is 2.21. The lowest BCUT2D eigenvalue weighted by molar-refractivity contribution is 0.908. The van der Waals surface area contributed by atoms with E-state index in [9.17, 15) is 0 Å². The minimum absolute atomic E-state index is 0.562. The molecular weight excluding hydrogens is 156 g/mol. The van der Waals surface area contributed by atoms with Gasteiger partial charge in [-0.3, -0.25) is 0 Å². The molecule has 0 fully saturated rings. The normalized spacial score (nSPS) is 28.9. The minimum atomic E-state index is 0.562. The van der Waals surface area contributed by atoms with E-state index in [-0.39, 0.29) is 0 Å². The maximum Gasteiger partial charge on any atom is 0.0202 e. The van der Waals surface area contributed by atoms with Gasteiger partial charge in [-0.2, -0.15) is 0 Å². The summed E-state index contributed by atoms with van der Waals surface area (Å²) in [5.41, 5.74) is 4.53. The molecule has 0 aromatic rings. The summed E-state index contributed by atoms with van der Waals surface area (Å²) in [6.07, 6.45) is 18.2. The summed E-state index contributed by atoms with van der Waals surface area (Å²) in [4.78, 5) is 0. The van der Waals surface area contributed by atoms with E-state index >= 15 is 0 Å². The lowest BCUT2D eigenvalue weighted by Crippen LogP contribution is -2.07. The van der Waals surface area contributed by atoms with Crippen LogP contribution in [0.25, 0.3) is 0 Å². The average Bonchev–Trinajstić information content (AvgIpc) is 2.65. The molecule has 0 saturated carbocycles. The van der Waals surface area contributed by atoms with Crippen molar-refractivity contribution in [2.45, 2.75) is 12.8 Å². The molecule has 3 aliphatic rings. The van der Waals surface area contributed by atoms with E-state index in [1.54, 1.807) is 11.1 Å². The van der Waals surface area contributed by atoms with Crippen molar-refractivity contribution in [1.82, 2.24) is 0 Å². The molecule has 0 aromatic heterocycles. The van der Waals surface area contributed by atoms with Crippen LogP contribution in [0.5, 0.6) is 0 Å². The van der Waals surface area contributed by atoms with Crippen LogP contribution in [0.4, 0.5) is 0 Å². The van der Waals surface area contributed by atoms with Crippen LogP contribution < -0.4 is 0 Å². The molecule has 0 amide bonds. The zero-order chi connectivity index (χ0) is 8.67. The Balaban J connectivity index is 2.09. The van der Waals surface area contributed by atoms with Crippen LogP contribution in [0, 0.1) is 5.92 Å². The number of hydrogen-bond acceptors (Lipinski definition) is 0. The molecule has 0 heteroatoms. The summed E-state index contributed by atoms with van der Waals surface area (Å²) in [5.74, 6) is 0.562. The monoisotopic (exact) mass is 168 g/mol. The van der Waals surface area contributed by atoms with E-state index < -0.39 is 0 Å². The quantitative estimate of drug-likeness (QED) is 0.487. The molecule has 64 valence electrons. The standard InChI is InChI=1S/C13H12/c1-2-6-12-10(4-1)8-9-11-5-3-7-13(11)12/h1,3-6,8-10H,2,7H2. The highest BCUT2D eigenvalue weighted by atomic mass is 14.3. The Labute approximate surface area is 78.7 Å². The van der Waals surface area contributed by atoms with Crippen molar-refractivity contribution in [1.29, 1.82) is 0 Å². The van der Waals surface area contributed by atoms with Crippen LogP contribution in [-0.4, -0.2) is 0 Å². The molecule has 3 rings (SSSR count).